The van der Waals surface area contributed by atoms with Gasteiger partial charge in [0.05, 0.1) is 12.1 Å². The van der Waals surface area contributed by atoms with Crippen LogP contribution in [0.2, 0.25) is 0 Å². The van der Waals surface area contributed by atoms with Crippen LogP contribution in [-0.2, 0) is 9.59 Å². The van der Waals surface area contributed by atoms with Crippen molar-refractivity contribution >= 4 is 17.8 Å². The van der Waals surface area contributed by atoms with Crippen molar-refractivity contribution in [1.82, 2.24) is 20.0 Å². The lowest BCUT2D eigenvalue weighted by Crippen LogP contribution is -2.60. The molecule has 3 fully saturated rings. The van der Waals surface area contributed by atoms with Gasteiger partial charge in [-0.05, 0) is 40.0 Å². The van der Waals surface area contributed by atoms with Crippen LogP contribution in [0.4, 0.5) is 4.79 Å². The Morgan fingerprint density at radius 1 is 1.37 bits per heavy atom. The zero-order valence-corrected chi connectivity index (χ0v) is 16.1. The Hall–Kier alpha value is -2.34. The highest BCUT2D eigenvalue weighted by molar-refractivity contribution is 5.92. The minimum atomic E-state index is -0.848. The Morgan fingerprint density at radius 2 is 2.07 bits per heavy atom. The molecule has 0 spiro atoms. The summed E-state index contributed by atoms with van der Waals surface area (Å²) in [6.45, 7) is 6.79. The van der Waals surface area contributed by atoms with Gasteiger partial charge in [-0.1, -0.05) is 0 Å². The number of likely N-dealkylation sites (tertiary alicyclic amines) is 3. The van der Waals surface area contributed by atoms with E-state index in [1.54, 1.807) is 9.80 Å². The number of rotatable bonds is 3. The summed E-state index contributed by atoms with van der Waals surface area (Å²) in [5, 5.41) is 12.0. The Kier molecular flexibility index (Phi) is 5.04. The van der Waals surface area contributed by atoms with Crippen LogP contribution in [-0.4, -0.2) is 81.9 Å². The molecule has 0 saturated carbocycles. The lowest BCUT2D eigenvalue weighted by atomic mass is 10.1. The molecule has 9 heteroatoms. The largest absolute Gasteiger partial charge is 0.334 e. The molecule has 148 valence electrons. The highest BCUT2D eigenvalue weighted by Gasteiger charge is 2.52. The summed E-state index contributed by atoms with van der Waals surface area (Å²) in [6.07, 6.45) is 2.03. The zero-order chi connectivity index (χ0) is 19.9. The van der Waals surface area contributed by atoms with Gasteiger partial charge in [-0.25, -0.2) is 4.79 Å². The standard InChI is InChI=1S/C18H28N6O3/c1-18(2,3)21-17(27)24-9-12-7-14(24)16(26)23(12)10-13(20)15(25)22-6-4-5-11(22)8-19/h11-14H,4-7,9-10,20H2,1-3H3,(H,21,27)/t11-,12+,13-,14+/m0/s1. The lowest BCUT2D eigenvalue weighted by molar-refractivity contribution is -0.138. The van der Waals surface area contributed by atoms with Gasteiger partial charge in [0, 0.05) is 25.2 Å². The molecule has 0 aliphatic carbocycles. The summed E-state index contributed by atoms with van der Waals surface area (Å²) in [5.41, 5.74) is 5.71. The summed E-state index contributed by atoms with van der Waals surface area (Å²) in [5.74, 6) is -0.436. The second kappa shape index (κ2) is 7.00. The van der Waals surface area contributed by atoms with Crippen molar-refractivity contribution in [3.8, 4) is 6.07 Å². The van der Waals surface area contributed by atoms with Crippen LogP contribution in [0.25, 0.3) is 0 Å². The predicted molar refractivity (Wildman–Crippen MR) is 97.2 cm³/mol. The topological polar surface area (TPSA) is 123 Å². The number of nitriles is 1. The first-order chi connectivity index (χ1) is 12.6. The monoisotopic (exact) mass is 376 g/mol. The molecular formula is C18H28N6O3. The fourth-order valence-electron chi connectivity index (χ4n) is 4.17. The number of urea groups is 1. The lowest BCUT2D eigenvalue weighted by Gasteiger charge is -2.36. The number of carbonyl (C=O) groups excluding carboxylic acids is 3. The number of piperazine rings is 1. The molecule has 0 unspecified atom stereocenters. The summed E-state index contributed by atoms with van der Waals surface area (Å²) < 4.78 is 0. The Balaban J connectivity index is 1.59. The van der Waals surface area contributed by atoms with Gasteiger partial charge in [0.25, 0.3) is 0 Å². The van der Waals surface area contributed by atoms with Crippen molar-refractivity contribution < 1.29 is 14.4 Å². The first kappa shape index (κ1) is 19.4. The summed E-state index contributed by atoms with van der Waals surface area (Å²) >= 11 is 0. The van der Waals surface area contributed by atoms with E-state index in [1.807, 2.05) is 20.8 Å². The molecule has 0 aromatic heterocycles. The minimum Gasteiger partial charge on any atom is -0.334 e. The van der Waals surface area contributed by atoms with Gasteiger partial charge in [-0.3, -0.25) is 9.59 Å². The molecule has 4 amide bonds. The van der Waals surface area contributed by atoms with Crippen molar-refractivity contribution in [3.05, 3.63) is 0 Å². The third kappa shape index (κ3) is 3.72. The smallest absolute Gasteiger partial charge is 0.318 e. The molecule has 9 nitrogen and oxygen atoms in total. The van der Waals surface area contributed by atoms with Gasteiger partial charge >= 0.3 is 6.03 Å². The van der Waals surface area contributed by atoms with Crippen LogP contribution < -0.4 is 11.1 Å². The number of carbonyl (C=O) groups is 3. The summed E-state index contributed by atoms with van der Waals surface area (Å²) in [7, 11) is 0. The first-order valence-corrected chi connectivity index (χ1v) is 9.47. The highest BCUT2D eigenvalue weighted by Crippen LogP contribution is 2.32. The van der Waals surface area contributed by atoms with Crippen LogP contribution >= 0.6 is 0 Å². The number of hydrogen-bond donors (Lipinski definition) is 2. The molecule has 3 heterocycles. The van der Waals surface area contributed by atoms with E-state index in [1.165, 1.54) is 4.90 Å². The molecule has 27 heavy (non-hydrogen) atoms. The number of nitrogens with zero attached hydrogens (tertiary/aromatic N) is 4. The van der Waals surface area contributed by atoms with E-state index >= 15 is 0 Å². The average Bonchev–Trinajstić information content (AvgIpc) is 3.28. The van der Waals surface area contributed by atoms with E-state index in [-0.39, 0.29) is 36.0 Å². The molecule has 2 bridgehead atoms. The molecule has 0 aromatic carbocycles. The van der Waals surface area contributed by atoms with Crippen LogP contribution in [0.1, 0.15) is 40.0 Å². The van der Waals surface area contributed by atoms with Crippen LogP contribution in [0.15, 0.2) is 0 Å². The molecule has 0 aromatic rings. The molecule has 3 aliphatic heterocycles. The number of amides is 4. The van der Waals surface area contributed by atoms with Crippen LogP contribution in [0.5, 0.6) is 0 Å². The summed E-state index contributed by atoms with van der Waals surface area (Å²) in [6, 6.07) is 0.0209. The van der Waals surface area contributed by atoms with E-state index in [0.29, 0.717) is 25.9 Å². The fraction of sp³-hybridized carbons (Fsp3) is 0.778. The highest BCUT2D eigenvalue weighted by atomic mass is 16.2. The van der Waals surface area contributed by atoms with Crippen LogP contribution in [0.3, 0.4) is 0 Å². The van der Waals surface area contributed by atoms with Gasteiger partial charge in [0.15, 0.2) is 0 Å². The van der Waals surface area contributed by atoms with E-state index in [2.05, 4.69) is 11.4 Å². The second-order valence-electron chi connectivity index (χ2n) is 8.65. The van der Waals surface area contributed by atoms with E-state index in [9.17, 15) is 14.4 Å². The van der Waals surface area contributed by atoms with Crippen molar-refractivity contribution in [3.63, 3.8) is 0 Å². The molecule has 3 saturated heterocycles. The van der Waals surface area contributed by atoms with Crippen LogP contribution in [0, 0.1) is 11.3 Å². The van der Waals surface area contributed by atoms with Gasteiger partial charge in [-0.15, -0.1) is 0 Å². The Labute approximate surface area is 159 Å². The summed E-state index contributed by atoms with van der Waals surface area (Å²) in [4.78, 5) is 42.4. The van der Waals surface area contributed by atoms with Crippen molar-refractivity contribution in [2.24, 2.45) is 5.73 Å². The third-order valence-electron chi connectivity index (χ3n) is 5.43. The molecule has 3 rings (SSSR count). The quantitative estimate of drug-likeness (QED) is 0.695. The molecule has 3 aliphatic rings. The first-order valence-electron chi connectivity index (χ1n) is 9.47. The van der Waals surface area contributed by atoms with E-state index in [4.69, 9.17) is 11.0 Å². The normalized spacial score (nSPS) is 28.5. The number of nitrogens with two attached hydrogens (primary N) is 1. The van der Waals surface area contributed by atoms with Crippen molar-refractivity contribution in [1.29, 1.82) is 5.26 Å². The van der Waals surface area contributed by atoms with Gasteiger partial charge in [-0.2, -0.15) is 5.26 Å². The van der Waals surface area contributed by atoms with Gasteiger partial charge < -0.3 is 25.8 Å². The minimum absolute atomic E-state index is 0.114. The molecule has 0 radical (unpaired) electrons. The SMILES string of the molecule is CC(C)(C)NC(=O)N1C[C@H]2C[C@@H]1C(=O)N2C[C@H](N)C(=O)N1CCC[C@H]1C#N. The maximum absolute atomic E-state index is 12.7. The van der Waals surface area contributed by atoms with Crippen molar-refractivity contribution in [2.45, 2.75) is 69.7 Å². The number of nitrogens with one attached hydrogen (secondary N) is 1. The van der Waals surface area contributed by atoms with Gasteiger partial charge in [0.1, 0.15) is 18.1 Å². The molecular weight excluding hydrogens is 348 g/mol. The Morgan fingerprint density at radius 3 is 2.67 bits per heavy atom. The zero-order valence-electron chi connectivity index (χ0n) is 16.1. The number of fused-ring (bicyclic) bond motifs is 2. The average molecular weight is 376 g/mol. The third-order valence-corrected chi connectivity index (χ3v) is 5.43. The van der Waals surface area contributed by atoms with E-state index < -0.39 is 18.1 Å². The van der Waals surface area contributed by atoms with E-state index in [0.717, 1.165) is 6.42 Å². The molecule has 4 atom stereocenters. The van der Waals surface area contributed by atoms with Gasteiger partial charge in [0.2, 0.25) is 11.8 Å². The fourth-order valence-corrected chi connectivity index (χ4v) is 4.17. The maximum Gasteiger partial charge on any atom is 0.318 e. The number of hydrogen-bond acceptors (Lipinski definition) is 5. The predicted octanol–water partition coefficient (Wildman–Crippen LogP) is -0.379. The second-order valence-corrected chi connectivity index (χ2v) is 8.65. The Bertz CT molecular complexity index is 682. The maximum atomic E-state index is 12.7. The molecule has 3 N–H and O–H groups in total. The van der Waals surface area contributed by atoms with Crippen molar-refractivity contribution in [2.75, 3.05) is 19.6 Å².